The molecule has 0 radical (unpaired) electrons. The SMILES string of the molecule is CCN(CCCc1ccccc1)C(=O)[C@H]1NC[C@@H](O)[C@H](O)[C@@H]1O. The molecule has 1 aliphatic heterocycles. The fourth-order valence-electron chi connectivity index (χ4n) is 2.89. The average molecular weight is 322 g/mol. The van der Waals surface area contributed by atoms with Crippen LogP contribution < -0.4 is 5.32 Å². The van der Waals surface area contributed by atoms with Gasteiger partial charge in [-0.15, -0.1) is 0 Å². The smallest absolute Gasteiger partial charge is 0.242 e. The van der Waals surface area contributed by atoms with Gasteiger partial charge in [-0.1, -0.05) is 30.3 Å². The summed E-state index contributed by atoms with van der Waals surface area (Å²) in [6.07, 6.45) is -1.94. The van der Waals surface area contributed by atoms with Gasteiger partial charge in [-0.05, 0) is 25.3 Å². The van der Waals surface area contributed by atoms with Crippen LogP contribution in [-0.2, 0) is 11.2 Å². The van der Waals surface area contributed by atoms with Gasteiger partial charge < -0.3 is 25.5 Å². The molecule has 6 nitrogen and oxygen atoms in total. The molecule has 128 valence electrons. The Morgan fingerprint density at radius 2 is 1.91 bits per heavy atom. The number of carbonyl (C=O) groups excluding carboxylic acids is 1. The molecule has 4 N–H and O–H groups in total. The van der Waals surface area contributed by atoms with Crippen molar-refractivity contribution in [2.45, 2.75) is 44.1 Å². The monoisotopic (exact) mass is 322 g/mol. The molecule has 1 aromatic rings. The molecule has 23 heavy (non-hydrogen) atoms. The minimum atomic E-state index is -1.30. The van der Waals surface area contributed by atoms with Crippen molar-refractivity contribution in [3.63, 3.8) is 0 Å². The van der Waals surface area contributed by atoms with E-state index in [1.54, 1.807) is 4.90 Å². The molecule has 0 bridgehead atoms. The van der Waals surface area contributed by atoms with Gasteiger partial charge in [0.15, 0.2) is 0 Å². The van der Waals surface area contributed by atoms with Crippen molar-refractivity contribution < 1.29 is 20.1 Å². The molecule has 1 saturated heterocycles. The molecule has 0 saturated carbocycles. The van der Waals surface area contributed by atoms with Crippen LogP contribution in [0.3, 0.4) is 0 Å². The molecular weight excluding hydrogens is 296 g/mol. The summed E-state index contributed by atoms with van der Waals surface area (Å²) < 4.78 is 0. The number of rotatable bonds is 6. The fraction of sp³-hybridized carbons (Fsp3) is 0.588. The van der Waals surface area contributed by atoms with E-state index < -0.39 is 24.4 Å². The Kier molecular flexibility index (Phi) is 6.53. The lowest BCUT2D eigenvalue weighted by atomic mass is 9.95. The first-order valence-electron chi connectivity index (χ1n) is 8.15. The lowest BCUT2D eigenvalue weighted by Gasteiger charge is -2.37. The van der Waals surface area contributed by atoms with Gasteiger partial charge in [-0.25, -0.2) is 0 Å². The maximum atomic E-state index is 12.5. The lowest BCUT2D eigenvalue weighted by Crippen LogP contribution is -2.64. The van der Waals surface area contributed by atoms with Crippen molar-refractivity contribution >= 4 is 5.91 Å². The largest absolute Gasteiger partial charge is 0.389 e. The van der Waals surface area contributed by atoms with Crippen LogP contribution in [0.4, 0.5) is 0 Å². The molecule has 1 aliphatic rings. The molecule has 0 unspecified atom stereocenters. The number of aliphatic hydroxyl groups is 3. The van der Waals surface area contributed by atoms with Gasteiger partial charge in [0.05, 0.1) is 6.10 Å². The quantitative estimate of drug-likeness (QED) is 0.568. The number of aliphatic hydroxyl groups excluding tert-OH is 3. The molecule has 4 atom stereocenters. The Balaban J connectivity index is 1.88. The van der Waals surface area contributed by atoms with Gasteiger partial charge in [0.1, 0.15) is 18.2 Å². The summed E-state index contributed by atoms with van der Waals surface area (Å²) in [6, 6.07) is 9.21. The summed E-state index contributed by atoms with van der Waals surface area (Å²) in [4.78, 5) is 14.2. The Hall–Kier alpha value is -1.47. The first-order chi connectivity index (χ1) is 11.0. The molecular formula is C17H26N2O4. The fourth-order valence-corrected chi connectivity index (χ4v) is 2.89. The topological polar surface area (TPSA) is 93.0 Å². The second-order valence-corrected chi connectivity index (χ2v) is 5.94. The summed E-state index contributed by atoms with van der Waals surface area (Å²) in [5, 5.41) is 32.1. The van der Waals surface area contributed by atoms with Crippen LogP contribution in [0.2, 0.25) is 0 Å². The number of nitrogens with zero attached hydrogens (tertiary/aromatic N) is 1. The molecule has 1 heterocycles. The molecule has 1 amide bonds. The number of amides is 1. The molecule has 1 aromatic carbocycles. The third-order valence-electron chi connectivity index (χ3n) is 4.33. The van der Waals surface area contributed by atoms with E-state index in [-0.39, 0.29) is 12.5 Å². The van der Waals surface area contributed by atoms with Gasteiger partial charge in [0.25, 0.3) is 0 Å². The summed E-state index contributed by atoms with van der Waals surface area (Å²) in [6.45, 7) is 3.11. The number of hydrogen-bond donors (Lipinski definition) is 4. The van der Waals surface area contributed by atoms with Crippen molar-refractivity contribution in [2.75, 3.05) is 19.6 Å². The number of benzene rings is 1. The van der Waals surface area contributed by atoms with Crippen molar-refractivity contribution in [1.29, 1.82) is 0 Å². The molecule has 6 heteroatoms. The van der Waals surface area contributed by atoms with E-state index in [1.165, 1.54) is 5.56 Å². The Labute approximate surface area is 136 Å². The van der Waals surface area contributed by atoms with Crippen LogP contribution in [-0.4, -0.2) is 70.1 Å². The predicted molar refractivity (Wildman–Crippen MR) is 86.8 cm³/mol. The van der Waals surface area contributed by atoms with E-state index >= 15 is 0 Å². The number of aryl methyl sites for hydroxylation is 1. The van der Waals surface area contributed by atoms with Gasteiger partial charge in [0, 0.05) is 19.6 Å². The minimum absolute atomic E-state index is 0.0935. The van der Waals surface area contributed by atoms with Crippen LogP contribution in [0, 0.1) is 0 Å². The third kappa shape index (κ3) is 4.51. The highest BCUT2D eigenvalue weighted by molar-refractivity contribution is 5.82. The second kappa shape index (κ2) is 8.40. The third-order valence-corrected chi connectivity index (χ3v) is 4.33. The maximum Gasteiger partial charge on any atom is 0.242 e. The first kappa shape index (κ1) is 17.9. The van der Waals surface area contributed by atoms with E-state index in [2.05, 4.69) is 17.4 Å². The summed E-state index contributed by atoms with van der Waals surface area (Å²) in [5.74, 6) is -0.237. The molecule has 0 spiro atoms. The van der Waals surface area contributed by atoms with Crippen LogP contribution in [0.5, 0.6) is 0 Å². The molecule has 2 rings (SSSR count). The average Bonchev–Trinajstić information content (AvgIpc) is 2.57. The highest BCUT2D eigenvalue weighted by Crippen LogP contribution is 2.13. The standard InChI is InChI=1S/C17H26N2O4/c1-2-19(10-6-9-12-7-4-3-5-8-12)17(23)14-16(22)15(21)13(20)11-18-14/h3-5,7-8,13-16,18,20-22H,2,6,9-11H2,1H3/t13-,14+,15+,16-/m1/s1. The number of β-amino-alcohol motifs (C(OH)–C–C–N with tert-alkyl or cyclic N) is 1. The van der Waals surface area contributed by atoms with Crippen LogP contribution in [0.1, 0.15) is 18.9 Å². The van der Waals surface area contributed by atoms with Crippen molar-refractivity contribution in [2.24, 2.45) is 0 Å². The van der Waals surface area contributed by atoms with E-state index in [9.17, 15) is 20.1 Å². The number of carbonyl (C=O) groups is 1. The van der Waals surface area contributed by atoms with E-state index in [1.807, 2.05) is 25.1 Å². The van der Waals surface area contributed by atoms with Gasteiger partial charge in [-0.2, -0.15) is 0 Å². The zero-order valence-electron chi connectivity index (χ0n) is 13.4. The number of piperidine rings is 1. The normalized spacial score (nSPS) is 27.7. The second-order valence-electron chi connectivity index (χ2n) is 5.94. The predicted octanol–water partition coefficient (Wildman–Crippen LogP) is -0.478. The summed E-state index contributed by atoms with van der Waals surface area (Å²) in [5.41, 5.74) is 1.23. The zero-order valence-corrected chi connectivity index (χ0v) is 13.4. The van der Waals surface area contributed by atoms with Crippen LogP contribution >= 0.6 is 0 Å². The van der Waals surface area contributed by atoms with E-state index in [0.717, 1.165) is 12.8 Å². The van der Waals surface area contributed by atoms with Crippen molar-refractivity contribution in [3.05, 3.63) is 35.9 Å². The number of likely N-dealkylation sites (N-methyl/N-ethyl adjacent to an activating group) is 1. The Morgan fingerprint density at radius 3 is 2.57 bits per heavy atom. The minimum Gasteiger partial charge on any atom is -0.389 e. The van der Waals surface area contributed by atoms with Crippen molar-refractivity contribution in [3.8, 4) is 0 Å². The van der Waals surface area contributed by atoms with Gasteiger partial charge >= 0.3 is 0 Å². The summed E-state index contributed by atoms with van der Waals surface area (Å²) >= 11 is 0. The highest BCUT2D eigenvalue weighted by Gasteiger charge is 2.41. The van der Waals surface area contributed by atoms with Crippen LogP contribution in [0.15, 0.2) is 30.3 Å². The van der Waals surface area contributed by atoms with Crippen molar-refractivity contribution in [1.82, 2.24) is 10.2 Å². The maximum absolute atomic E-state index is 12.5. The molecule has 0 aliphatic carbocycles. The Morgan fingerprint density at radius 1 is 1.22 bits per heavy atom. The zero-order chi connectivity index (χ0) is 16.8. The van der Waals surface area contributed by atoms with E-state index in [4.69, 9.17) is 0 Å². The number of hydrogen-bond acceptors (Lipinski definition) is 5. The van der Waals surface area contributed by atoms with Gasteiger partial charge in [0.2, 0.25) is 5.91 Å². The van der Waals surface area contributed by atoms with Gasteiger partial charge in [-0.3, -0.25) is 4.79 Å². The molecule has 0 aromatic heterocycles. The summed E-state index contributed by atoms with van der Waals surface area (Å²) in [7, 11) is 0. The number of nitrogens with one attached hydrogen (secondary N) is 1. The van der Waals surface area contributed by atoms with E-state index in [0.29, 0.717) is 13.1 Å². The first-order valence-corrected chi connectivity index (χ1v) is 8.15. The lowest BCUT2D eigenvalue weighted by molar-refractivity contribution is -0.147. The van der Waals surface area contributed by atoms with Crippen LogP contribution in [0.25, 0.3) is 0 Å². The highest BCUT2D eigenvalue weighted by atomic mass is 16.4. The Bertz CT molecular complexity index is 497. The molecule has 1 fully saturated rings.